The Hall–Kier alpha value is -2.58. The van der Waals surface area contributed by atoms with E-state index in [1.54, 1.807) is 30.3 Å². The molecule has 8 heteroatoms. The number of nitrogens with one attached hydrogen (secondary N) is 2. The van der Waals surface area contributed by atoms with Crippen LogP contribution < -0.4 is 10.0 Å². The molecule has 0 amide bonds. The average molecular weight is 458 g/mol. The lowest BCUT2D eigenvalue weighted by atomic mass is 9.87. The van der Waals surface area contributed by atoms with Gasteiger partial charge in [0.2, 0.25) is 0 Å². The van der Waals surface area contributed by atoms with Gasteiger partial charge in [0, 0.05) is 12.6 Å². The van der Waals surface area contributed by atoms with Crippen molar-refractivity contribution in [3.05, 3.63) is 53.1 Å². The molecule has 0 aromatic heterocycles. The first kappa shape index (κ1) is 22.6. The molecule has 1 unspecified atom stereocenters. The number of carboxylic acid groups (broad SMARTS) is 1. The minimum Gasteiger partial charge on any atom is -0.478 e. The number of carboxylic acids is 1. The lowest BCUT2D eigenvalue weighted by molar-refractivity contribution is 0.0696. The highest BCUT2D eigenvalue weighted by Gasteiger charge is 2.26. The zero-order valence-corrected chi connectivity index (χ0v) is 19.2. The Kier molecular flexibility index (Phi) is 6.71. The fourth-order valence-corrected chi connectivity index (χ4v) is 6.18. The van der Waals surface area contributed by atoms with Crippen LogP contribution >= 0.6 is 0 Å². The molecular weight excluding hydrogens is 426 g/mol. The van der Waals surface area contributed by atoms with Crippen LogP contribution in [-0.2, 0) is 22.9 Å². The standard InChI is InChI=1S/C24H31N3O4S/c1-27-16-6-8-18(27)14-15-25-20-10-4-5-11-22(20)32(30,31)26-21-13-12-17-7-2-3-9-19(17)23(21)24(28)29/h4-5,10-13,18,25-26H,2-3,6-9,14-16H2,1H3,(H,28,29). The smallest absolute Gasteiger partial charge is 0.338 e. The van der Waals surface area contributed by atoms with Crippen molar-refractivity contribution in [1.82, 2.24) is 4.90 Å². The molecule has 1 saturated heterocycles. The summed E-state index contributed by atoms with van der Waals surface area (Å²) in [6, 6.07) is 10.7. The Balaban J connectivity index is 1.56. The van der Waals surface area contributed by atoms with Crippen molar-refractivity contribution in [2.75, 3.05) is 30.2 Å². The second-order valence-corrected chi connectivity index (χ2v) is 10.4. The van der Waals surface area contributed by atoms with E-state index in [-0.39, 0.29) is 16.1 Å². The van der Waals surface area contributed by atoms with Crippen LogP contribution in [0.2, 0.25) is 0 Å². The zero-order valence-electron chi connectivity index (χ0n) is 18.4. The predicted octanol–water partition coefficient (Wildman–Crippen LogP) is 3.96. The third kappa shape index (κ3) is 4.76. The monoisotopic (exact) mass is 457 g/mol. The number of para-hydroxylation sites is 1. The number of hydrogen-bond acceptors (Lipinski definition) is 5. The van der Waals surface area contributed by atoms with Crippen molar-refractivity contribution in [3.8, 4) is 0 Å². The number of likely N-dealkylation sites (tertiary alicyclic amines) is 1. The van der Waals surface area contributed by atoms with E-state index in [2.05, 4.69) is 22.0 Å². The number of hydrogen-bond donors (Lipinski definition) is 3. The largest absolute Gasteiger partial charge is 0.478 e. The SMILES string of the molecule is CN1CCCC1CCNc1ccccc1S(=O)(=O)Nc1ccc2c(c1C(=O)O)CCCC2. The van der Waals surface area contributed by atoms with Crippen LogP contribution in [-0.4, -0.2) is 50.6 Å². The van der Waals surface area contributed by atoms with E-state index in [0.29, 0.717) is 24.7 Å². The molecule has 4 rings (SSSR count). The lowest BCUT2D eigenvalue weighted by Gasteiger charge is -2.22. The molecule has 0 spiro atoms. The van der Waals surface area contributed by atoms with Gasteiger partial charge in [-0.3, -0.25) is 4.72 Å². The molecule has 1 aliphatic carbocycles. The van der Waals surface area contributed by atoms with Gasteiger partial charge in [0.05, 0.1) is 16.9 Å². The molecule has 3 N–H and O–H groups in total. The molecule has 0 bridgehead atoms. The van der Waals surface area contributed by atoms with Crippen molar-refractivity contribution in [1.29, 1.82) is 0 Å². The van der Waals surface area contributed by atoms with Crippen molar-refractivity contribution >= 4 is 27.4 Å². The van der Waals surface area contributed by atoms with Gasteiger partial charge >= 0.3 is 5.97 Å². The first-order chi connectivity index (χ1) is 15.4. The summed E-state index contributed by atoms with van der Waals surface area (Å²) >= 11 is 0. The summed E-state index contributed by atoms with van der Waals surface area (Å²) in [7, 11) is -1.85. The van der Waals surface area contributed by atoms with Crippen molar-refractivity contribution in [3.63, 3.8) is 0 Å². The van der Waals surface area contributed by atoms with E-state index in [9.17, 15) is 18.3 Å². The Morgan fingerprint density at radius 3 is 2.62 bits per heavy atom. The third-order valence-electron chi connectivity index (χ3n) is 6.63. The molecule has 0 saturated carbocycles. The van der Waals surface area contributed by atoms with E-state index in [1.807, 2.05) is 6.07 Å². The van der Waals surface area contributed by atoms with Crippen LogP contribution in [0.4, 0.5) is 11.4 Å². The number of aromatic carboxylic acids is 1. The van der Waals surface area contributed by atoms with Crippen molar-refractivity contribution in [2.24, 2.45) is 0 Å². The summed E-state index contributed by atoms with van der Waals surface area (Å²) in [5.74, 6) is -1.10. The summed E-state index contributed by atoms with van der Waals surface area (Å²) in [4.78, 5) is 14.5. The van der Waals surface area contributed by atoms with Crippen LogP contribution in [0, 0.1) is 0 Å². The minimum absolute atomic E-state index is 0.0699. The van der Waals surface area contributed by atoms with Crippen molar-refractivity contribution in [2.45, 2.75) is 55.9 Å². The summed E-state index contributed by atoms with van der Waals surface area (Å²) in [6.07, 6.45) is 6.70. The zero-order chi connectivity index (χ0) is 22.7. The highest BCUT2D eigenvalue weighted by atomic mass is 32.2. The maximum atomic E-state index is 13.3. The van der Waals surface area contributed by atoms with Crippen LogP contribution in [0.5, 0.6) is 0 Å². The Labute approximate surface area is 189 Å². The lowest BCUT2D eigenvalue weighted by Crippen LogP contribution is -2.27. The van der Waals surface area contributed by atoms with Gasteiger partial charge < -0.3 is 15.3 Å². The molecule has 2 aromatic rings. The van der Waals surface area contributed by atoms with Gasteiger partial charge in [-0.25, -0.2) is 13.2 Å². The highest BCUT2D eigenvalue weighted by Crippen LogP contribution is 2.32. The molecule has 2 aromatic carbocycles. The number of aryl methyl sites for hydroxylation is 1. The van der Waals surface area contributed by atoms with Gasteiger partial charge in [-0.2, -0.15) is 0 Å². The normalized spacial score (nSPS) is 18.8. The van der Waals surface area contributed by atoms with Gasteiger partial charge in [0.25, 0.3) is 10.0 Å². The van der Waals surface area contributed by atoms with E-state index < -0.39 is 16.0 Å². The maximum absolute atomic E-state index is 13.3. The molecule has 0 radical (unpaired) electrons. The predicted molar refractivity (Wildman–Crippen MR) is 126 cm³/mol. The summed E-state index contributed by atoms with van der Waals surface area (Å²) in [6.45, 7) is 1.77. The highest BCUT2D eigenvalue weighted by molar-refractivity contribution is 7.92. The Morgan fingerprint density at radius 1 is 1.09 bits per heavy atom. The van der Waals surface area contributed by atoms with Crippen LogP contribution in [0.3, 0.4) is 0 Å². The third-order valence-corrected chi connectivity index (χ3v) is 8.06. The molecule has 1 aliphatic heterocycles. The van der Waals surface area contributed by atoms with E-state index in [1.165, 1.54) is 6.42 Å². The van der Waals surface area contributed by atoms with Crippen LogP contribution in [0.15, 0.2) is 41.3 Å². The molecule has 1 fully saturated rings. The molecule has 2 aliphatic rings. The fraction of sp³-hybridized carbons (Fsp3) is 0.458. The Morgan fingerprint density at radius 2 is 1.88 bits per heavy atom. The second kappa shape index (κ2) is 9.50. The van der Waals surface area contributed by atoms with E-state index >= 15 is 0 Å². The number of sulfonamides is 1. The van der Waals surface area contributed by atoms with Gasteiger partial charge in [0.15, 0.2) is 0 Å². The molecular formula is C24H31N3O4S. The number of anilines is 2. The summed E-state index contributed by atoms with van der Waals surface area (Å²) in [5.41, 5.74) is 2.46. The van der Waals surface area contributed by atoms with E-state index in [0.717, 1.165) is 49.8 Å². The summed E-state index contributed by atoms with van der Waals surface area (Å²) < 4.78 is 29.1. The summed E-state index contributed by atoms with van der Waals surface area (Å²) in [5, 5.41) is 13.1. The first-order valence-electron chi connectivity index (χ1n) is 11.3. The Bertz CT molecular complexity index is 1100. The maximum Gasteiger partial charge on any atom is 0.338 e. The number of carbonyl (C=O) groups is 1. The van der Waals surface area contributed by atoms with Crippen LogP contribution in [0.1, 0.15) is 53.6 Å². The van der Waals surface area contributed by atoms with Gasteiger partial charge in [-0.05, 0) is 87.9 Å². The second-order valence-electron chi connectivity index (χ2n) is 8.73. The first-order valence-corrected chi connectivity index (χ1v) is 12.8. The fourth-order valence-electron chi connectivity index (χ4n) is 4.92. The van der Waals surface area contributed by atoms with Crippen molar-refractivity contribution < 1.29 is 18.3 Å². The van der Waals surface area contributed by atoms with Gasteiger partial charge in [0.1, 0.15) is 4.90 Å². The average Bonchev–Trinajstić information content (AvgIpc) is 3.18. The number of nitrogens with zero attached hydrogens (tertiary/aromatic N) is 1. The number of rotatable bonds is 8. The minimum atomic E-state index is -3.97. The quantitative estimate of drug-likeness (QED) is 0.555. The number of fused-ring (bicyclic) bond motifs is 1. The topological polar surface area (TPSA) is 98.7 Å². The molecule has 1 heterocycles. The van der Waals surface area contributed by atoms with Gasteiger partial charge in [-0.1, -0.05) is 18.2 Å². The molecule has 7 nitrogen and oxygen atoms in total. The molecule has 32 heavy (non-hydrogen) atoms. The number of benzene rings is 2. The molecule has 1 atom stereocenters. The van der Waals surface area contributed by atoms with Crippen LogP contribution in [0.25, 0.3) is 0 Å². The molecule has 172 valence electrons. The van der Waals surface area contributed by atoms with Gasteiger partial charge in [-0.15, -0.1) is 0 Å². The van der Waals surface area contributed by atoms with E-state index in [4.69, 9.17) is 0 Å².